The number of aliphatic hydroxyl groups is 1. The molecule has 1 aromatic carbocycles. The number of benzene rings is 1. The molecule has 0 aliphatic rings. The van der Waals surface area contributed by atoms with Crippen molar-refractivity contribution in [3.63, 3.8) is 0 Å². The van der Waals surface area contributed by atoms with Crippen molar-refractivity contribution < 1.29 is 5.11 Å². The SMILES string of the molecule is O=c1ccncn1CCC(O)c1ccccc1. The van der Waals surface area contributed by atoms with Crippen LogP contribution in [0.2, 0.25) is 0 Å². The van der Waals surface area contributed by atoms with E-state index in [1.807, 2.05) is 30.3 Å². The van der Waals surface area contributed by atoms with Gasteiger partial charge >= 0.3 is 0 Å². The molecule has 2 aromatic rings. The normalized spacial score (nSPS) is 12.3. The van der Waals surface area contributed by atoms with E-state index >= 15 is 0 Å². The second-order valence-electron chi connectivity index (χ2n) is 3.83. The van der Waals surface area contributed by atoms with Gasteiger partial charge in [0.2, 0.25) is 0 Å². The van der Waals surface area contributed by atoms with Crippen LogP contribution in [0.1, 0.15) is 18.1 Å². The Morgan fingerprint density at radius 1 is 1.24 bits per heavy atom. The Labute approximate surface area is 99.2 Å². The van der Waals surface area contributed by atoms with Crippen molar-refractivity contribution in [2.75, 3.05) is 0 Å². The van der Waals surface area contributed by atoms with E-state index in [4.69, 9.17) is 0 Å². The van der Waals surface area contributed by atoms with Crippen molar-refractivity contribution in [3.8, 4) is 0 Å². The third kappa shape index (κ3) is 3.01. The molecule has 0 aliphatic heterocycles. The van der Waals surface area contributed by atoms with Gasteiger partial charge in [0, 0.05) is 18.8 Å². The number of aryl methyl sites for hydroxylation is 1. The summed E-state index contributed by atoms with van der Waals surface area (Å²) in [5.74, 6) is 0. The third-order valence-corrected chi connectivity index (χ3v) is 2.62. The summed E-state index contributed by atoms with van der Waals surface area (Å²) in [6.45, 7) is 0.461. The molecule has 88 valence electrons. The molecule has 0 spiro atoms. The molecule has 0 saturated heterocycles. The lowest BCUT2D eigenvalue weighted by Crippen LogP contribution is -2.19. The zero-order valence-electron chi connectivity index (χ0n) is 9.36. The lowest BCUT2D eigenvalue weighted by Gasteiger charge is -2.11. The molecule has 4 nitrogen and oxygen atoms in total. The van der Waals surface area contributed by atoms with E-state index in [2.05, 4.69) is 4.98 Å². The van der Waals surface area contributed by atoms with Crippen molar-refractivity contribution in [1.29, 1.82) is 0 Å². The van der Waals surface area contributed by atoms with Crippen LogP contribution in [-0.4, -0.2) is 14.7 Å². The van der Waals surface area contributed by atoms with E-state index in [1.165, 1.54) is 23.2 Å². The van der Waals surface area contributed by atoms with Crippen molar-refractivity contribution >= 4 is 0 Å². The van der Waals surface area contributed by atoms with Gasteiger partial charge in [0.05, 0.1) is 12.4 Å². The molecule has 1 aromatic heterocycles. The molecule has 4 heteroatoms. The van der Waals surface area contributed by atoms with Crippen LogP contribution in [0.4, 0.5) is 0 Å². The maximum absolute atomic E-state index is 11.4. The third-order valence-electron chi connectivity index (χ3n) is 2.62. The summed E-state index contributed by atoms with van der Waals surface area (Å²) in [4.78, 5) is 15.3. The summed E-state index contributed by atoms with van der Waals surface area (Å²) in [5, 5.41) is 9.94. The molecule has 1 heterocycles. The van der Waals surface area contributed by atoms with Crippen molar-refractivity contribution in [1.82, 2.24) is 9.55 Å². The molecule has 0 bridgehead atoms. The summed E-state index contributed by atoms with van der Waals surface area (Å²) < 4.78 is 1.49. The summed E-state index contributed by atoms with van der Waals surface area (Å²) in [6.07, 6.45) is 2.89. The zero-order chi connectivity index (χ0) is 12.1. The van der Waals surface area contributed by atoms with E-state index in [0.717, 1.165) is 5.56 Å². The van der Waals surface area contributed by atoms with E-state index in [9.17, 15) is 9.90 Å². The Kier molecular flexibility index (Phi) is 3.67. The predicted octanol–water partition coefficient (Wildman–Crippen LogP) is 1.37. The van der Waals surface area contributed by atoms with Gasteiger partial charge in [0.15, 0.2) is 0 Å². The second kappa shape index (κ2) is 5.41. The first kappa shape index (κ1) is 11.5. The van der Waals surface area contributed by atoms with Gasteiger partial charge in [-0.1, -0.05) is 30.3 Å². The van der Waals surface area contributed by atoms with Gasteiger partial charge in [0.1, 0.15) is 0 Å². The molecule has 0 saturated carbocycles. The Morgan fingerprint density at radius 3 is 2.71 bits per heavy atom. The number of aliphatic hydroxyl groups excluding tert-OH is 1. The first-order valence-corrected chi connectivity index (χ1v) is 5.51. The molecule has 0 radical (unpaired) electrons. The molecular formula is C13H14N2O2. The number of nitrogens with zero attached hydrogens (tertiary/aromatic N) is 2. The van der Waals surface area contributed by atoms with Crippen LogP contribution in [0.3, 0.4) is 0 Å². The molecule has 0 amide bonds. The van der Waals surface area contributed by atoms with E-state index in [-0.39, 0.29) is 5.56 Å². The quantitative estimate of drug-likeness (QED) is 0.863. The van der Waals surface area contributed by atoms with Gasteiger partial charge in [-0.2, -0.15) is 0 Å². The monoisotopic (exact) mass is 230 g/mol. The van der Waals surface area contributed by atoms with Gasteiger partial charge in [-0.05, 0) is 12.0 Å². The van der Waals surface area contributed by atoms with Crippen LogP contribution in [0, 0.1) is 0 Å². The number of rotatable bonds is 4. The fourth-order valence-electron chi connectivity index (χ4n) is 1.65. The average Bonchev–Trinajstić information content (AvgIpc) is 2.38. The standard InChI is InChI=1S/C13H14N2O2/c16-12(11-4-2-1-3-5-11)7-9-15-10-14-8-6-13(15)17/h1-6,8,10,12,16H,7,9H2. The fraction of sp³-hybridized carbons (Fsp3) is 0.231. The highest BCUT2D eigenvalue weighted by Gasteiger charge is 2.07. The molecule has 1 N–H and O–H groups in total. The number of aromatic nitrogens is 2. The first-order chi connectivity index (χ1) is 8.27. The lowest BCUT2D eigenvalue weighted by atomic mass is 10.1. The average molecular weight is 230 g/mol. The Balaban J connectivity index is 2.00. The largest absolute Gasteiger partial charge is 0.388 e. The highest BCUT2D eigenvalue weighted by atomic mass is 16.3. The van der Waals surface area contributed by atoms with E-state index in [1.54, 1.807) is 0 Å². The predicted molar refractivity (Wildman–Crippen MR) is 64.5 cm³/mol. The van der Waals surface area contributed by atoms with Crippen LogP contribution in [0.15, 0.2) is 53.7 Å². The minimum atomic E-state index is -0.552. The first-order valence-electron chi connectivity index (χ1n) is 5.51. The number of hydrogen-bond acceptors (Lipinski definition) is 3. The van der Waals surface area contributed by atoms with Crippen molar-refractivity contribution in [3.05, 3.63) is 64.8 Å². The van der Waals surface area contributed by atoms with E-state index < -0.39 is 6.10 Å². The highest BCUT2D eigenvalue weighted by molar-refractivity contribution is 5.17. The van der Waals surface area contributed by atoms with Gasteiger partial charge in [-0.15, -0.1) is 0 Å². The summed E-state index contributed by atoms with van der Waals surface area (Å²) in [7, 11) is 0. The van der Waals surface area contributed by atoms with Gasteiger partial charge in [-0.25, -0.2) is 4.98 Å². The Bertz CT molecular complexity index is 522. The maximum atomic E-state index is 11.4. The van der Waals surface area contributed by atoms with Crippen LogP contribution >= 0.6 is 0 Å². The van der Waals surface area contributed by atoms with Crippen LogP contribution < -0.4 is 5.56 Å². The number of hydrogen-bond donors (Lipinski definition) is 1. The smallest absolute Gasteiger partial charge is 0.253 e. The van der Waals surface area contributed by atoms with Gasteiger partial charge < -0.3 is 5.11 Å². The minimum Gasteiger partial charge on any atom is -0.388 e. The molecule has 17 heavy (non-hydrogen) atoms. The summed E-state index contributed by atoms with van der Waals surface area (Å²) in [5.41, 5.74) is 0.768. The molecule has 1 atom stereocenters. The highest BCUT2D eigenvalue weighted by Crippen LogP contribution is 2.15. The summed E-state index contributed by atoms with van der Waals surface area (Å²) >= 11 is 0. The zero-order valence-corrected chi connectivity index (χ0v) is 9.36. The van der Waals surface area contributed by atoms with Crippen LogP contribution in [-0.2, 0) is 6.54 Å². The van der Waals surface area contributed by atoms with E-state index in [0.29, 0.717) is 13.0 Å². The van der Waals surface area contributed by atoms with Crippen molar-refractivity contribution in [2.45, 2.75) is 19.1 Å². The topological polar surface area (TPSA) is 55.1 Å². The van der Waals surface area contributed by atoms with Gasteiger partial charge in [-0.3, -0.25) is 9.36 Å². The molecular weight excluding hydrogens is 216 g/mol. The maximum Gasteiger partial charge on any atom is 0.253 e. The summed E-state index contributed by atoms with van der Waals surface area (Å²) in [6, 6.07) is 10.8. The van der Waals surface area contributed by atoms with Crippen molar-refractivity contribution in [2.24, 2.45) is 0 Å². The molecule has 0 aliphatic carbocycles. The Morgan fingerprint density at radius 2 is 2.00 bits per heavy atom. The second-order valence-corrected chi connectivity index (χ2v) is 3.83. The minimum absolute atomic E-state index is 0.0970. The van der Waals surface area contributed by atoms with Crippen LogP contribution in [0.25, 0.3) is 0 Å². The molecule has 0 fully saturated rings. The molecule has 1 unspecified atom stereocenters. The fourth-order valence-corrected chi connectivity index (χ4v) is 1.65. The lowest BCUT2D eigenvalue weighted by molar-refractivity contribution is 0.160. The van der Waals surface area contributed by atoms with Crippen LogP contribution in [0.5, 0.6) is 0 Å². The van der Waals surface area contributed by atoms with Gasteiger partial charge in [0.25, 0.3) is 5.56 Å². The Hall–Kier alpha value is -1.94. The molecule has 2 rings (SSSR count).